The fourth-order valence-corrected chi connectivity index (χ4v) is 6.97. The third-order valence-corrected chi connectivity index (χ3v) is 9.45. The van der Waals surface area contributed by atoms with E-state index in [0.717, 1.165) is 0 Å². The van der Waals surface area contributed by atoms with Gasteiger partial charge in [0.2, 0.25) is 0 Å². The highest BCUT2D eigenvalue weighted by molar-refractivity contribution is 7.99. The molecule has 3 rings (SSSR count). The van der Waals surface area contributed by atoms with Gasteiger partial charge < -0.3 is 14.4 Å². The van der Waals surface area contributed by atoms with E-state index in [4.69, 9.17) is 9.05 Å². The molecule has 0 fully saturated rings. The Labute approximate surface area is 224 Å². The molecule has 38 heavy (non-hydrogen) atoms. The molecule has 2 N–H and O–H groups in total. The number of rotatable bonds is 13. The smallest absolute Gasteiger partial charge is 0.334 e. The normalized spacial score (nSPS) is 12.8. The number of carbonyl (C=O) groups excluding carboxylic acids is 1. The van der Waals surface area contributed by atoms with Crippen molar-refractivity contribution in [2.75, 3.05) is 17.9 Å². The SMILES string of the molecule is CCOP(=O)(OCC)[C@@H](NC(=O)c1cccc(S(=O)(=O)Nc2ccc(SC(F)F)cc2)c1)c1ccccc1. The Morgan fingerprint density at radius 1 is 0.947 bits per heavy atom. The molecule has 3 aromatic carbocycles. The van der Waals surface area contributed by atoms with Gasteiger partial charge in [-0.2, -0.15) is 8.78 Å². The molecule has 13 heteroatoms. The number of nitrogens with one attached hydrogen (secondary N) is 2. The Kier molecular flexibility index (Phi) is 10.5. The Morgan fingerprint density at radius 2 is 1.58 bits per heavy atom. The zero-order valence-electron chi connectivity index (χ0n) is 20.5. The average Bonchev–Trinajstić information content (AvgIpc) is 2.88. The van der Waals surface area contributed by atoms with E-state index in [1.54, 1.807) is 44.2 Å². The van der Waals surface area contributed by atoms with Gasteiger partial charge in [0, 0.05) is 16.1 Å². The monoisotopic (exact) mass is 584 g/mol. The predicted molar refractivity (Wildman–Crippen MR) is 143 cm³/mol. The lowest BCUT2D eigenvalue weighted by atomic mass is 10.2. The second-order valence-electron chi connectivity index (χ2n) is 7.70. The Balaban J connectivity index is 1.85. The third-order valence-electron chi connectivity index (χ3n) is 5.06. The van der Waals surface area contributed by atoms with Crippen molar-refractivity contribution >= 4 is 41.0 Å². The van der Waals surface area contributed by atoms with Crippen LogP contribution in [0.1, 0.15) is 35.6 Å². The van der Waals surface area contributed by atoms with Gasteiger partial charge in [0.1, 0.15) is 0 Å². The second-order valence-corrected chi connectivity index (χ2v) is 12.6. The standard InChI is InChI=1S/C25H27F2N2O6PS2/c1-3-34-36(31,35-4-2)24(18-9-6-5-7-10-18)28-23(30)19-11-8-12-22(17-19)38(32,33)29-20-13-15-21(16-14-20)37-25(26)27/h5-17,24-25,29H,3-4H2,1-2H3,(H,28,30)/t24-/m1/s1. The van der Waals surface area contributed by atoms with E-state index in [2.05, 4.69) is 10.0 Å². The molecule has 3 aromatic rings. The maximum Gasteiger partial charge on any atom is 0.357 e. The van der Waals surface area contributed by atoms with Gasteiger partial charge in [-0.05, 0) is 61.9 Å². The number of thioether (sulfide) groups is 1. The molecule has 0 aliphatic carbocycles. The Hall–Kier alpha value is -2.76. The first-order valence-corrected chi connectivity index (χ1v) is 15.5. The van der Waals surface area contributed by atoms with Gasteiger partial charge in [-0.1, -0.05) is 48.2 Å². The van der Waals surface area contributed by atoms with Crippen LogP contribution in [0.5, 0.6) is 0 Å². The van der Waals surface area contributed by atoms with Gasteiger partial charge in [0.25, 0.3) is 21.7 Å². The molecule has 0 heterocycles. The fourth-order valence-electron chi connectivity index (χ4n) is 3.46. The van der Waals surface area contributed by atoms with Crippen LogP contribution in [0.15, 0.2) is 88.7 Å². The minimum Gasteiger partial charge on any atom is -0.334 e. The Bertz CT molecular complexity index is 1370. The summed E-state index contributed by atoms with van der Waals surface area (Å²) >= 11 is 0.345. The molecule has 0 bridgehead atoms. The molecular weight excluding hydrogens is 557 g/mol. The van der Waals surface area contributed by atoms with Crippen LogP contribution in [0.4, 0.5) is 14.5 Å². The molecule has 1 atom stereocenters. The predicted octanol–water partition coefficient (Wildman–Crippen LogP) is 6.50. The highest BCUT2D eigenvalue weighted by Gasteiger charge is 2.38. The summed E-state index contributed by atoms with van der Waals surface area (Å²) in [6, 6.07) is 19.3. The second kappa shape index (κ2) is 13.3. The summed E-state index contributed by atoms with van der Waals surface area (Å²) in [4.78, 5) is 13.3. The molecule has 0 aromatic heterocycles. The minimum absolute atomic E-state index is 0.00275. The van der Waals surface area contributed by atoms with Crippen LogP contribution in [0, 0.1) is 0 Å². The molecule has 0 unspecified atom stereocenters. The number of carbonyl (C=O) groups is 1. The summed E-state index contributed by atoms with van der Waals surface area (Å²) in [5, 5.41) is 2.68. The van der Waals surface area contributed by atoms with Gasteiger partial charge in [0.15, 0.2) is 5.78 Å². The lowest BCUT2D eigenvalue weighted by Gasteiger charge is -2.27. The van der Waals surface area contributed by atoms with E-state index in [1.165, 1.54) is 48.5 Å². The number of hydrogen-bond acceptors (Lipinski definition) is 7. The minimum atomic E-state index is -4.12. The van der Waals surface area contributed by atoms with E-state index < -0.39 is 35.1 Å². The highest BCUT2D eigenvalue weighted by atomic mass is 32.2. The summed E-state index contributed by atoms with van der Waals surface area (Å²) in [7, 11) is -7.96. The van der Waals surface area contributed by atoms with Crippen LogP contribution < -0.4 is 10.0 Å². The molecule has 8 nitrogen and oxygen atoms in total. The number of anilines is 1. The summed E-state index contributed by atoms with van der Waals surface area (Å²) in [6.45, 7) is 3.47. The number of amides is 1. The van der Waals surface area contributed by atoms with Crippen LogP contribution >= 0.6 is 19.4 Å². The van der Waals surface area contributed by atoms with E-state index in [0.29, 0.717) is 17.3 Å². The number of hydrogen-bond donors (Lipinski definition) is 2. The first-order chi connectivity index (χ1) is 18.1. The van der Waals surface area contributed by atoms with Crippen molar-refractivity contribution in [1.29, 1.82) is 0 Å². The molecule has 204 valence electrons. The lowest BCUT2D eigenvalue weighted by molar-refractivity contribution is 0.0937. The van der Waals surface area contributed by atoms with E-state index in [9.17, 15) is 26.6 Å². The average molecular weight is 585 g/mol. The van der Waals surface area contributed by atoms with Gasteiger partial charge in [-0.15, -0.1) is 0 Å². The van der Waals surface area contributed by atoms with Gasteiger partial charge in [-0.25, -0.2) is 8.42 Å². The Morgan fingerprint density at radius 3 is 2.16 bits per heavy atom. The first kappa shape index (κ1) is 29.8. The first-order valence-electron chi connectivity index (χ1n) is 11.5. The maximum absolute atomic E-state index is 13.6. The highest BCUT2D eigenvalue weighted by Crippen LogP contribution is 2.59. The fraction of sp³-hybridized carbons (Fsp3) is 0.240. The quantitative estimate of drug-likeness (QED) is 0.174. The topological polar surface area (TPSA) is 111 Å². The van der Waals surface area contributed by atoms with E-state index in [-0.39, 0.29) is 34.3 Å². The van der Waals surface area contributed by atoms with Crippen LogP contribution in [0.2, 0.25) is 0 Å². The summed E-state index contributed by atoms with van der Waals surface area (Å²) < 4.78 is 77.9. The van der Waals surface area contributed by atoms with Crippen molar-refractivity contribution in [2.45, 2.75) is 35.2 Å². The van der Waals surface area contributed by atoms with Gasteiger partial charge >= 0.3 is 7.60 Å². The lowest BCUT2D eigenvalue weighted by Crippen LogP contribution is -2.30. The molecular formula is C25H27F2N2O6PS2. The van der Waals surface area contributed by atoms with Gasteiger partial charge in [0.05, 0.1) is 18.1 Å². The number of sulfonamides is 1. The molecule has 0 radical (unpaired) electrons. The van der Waals surface area contributed by atoms with Crippen molar-refractivity contribution in [3.8, 4) is 0 Å². The largest absolute Gasteiger partial charge is 0.357 e. The van der Waals surface area contributed by atoms with Crippen LogP contribution in [0.25, 0.3) is 0 Å². The number of halogens is 2. The zero-order chi connectivity index (χ0) is 27.8. The number of alkyl halides is 2. The van der Waals surface area contributed by atoms with Crippen LogP contribution in [0.3, 0.4) is 0 Å². The summed E-state index contributed by atoms with van der Waals surface area (Å²) in [5.41, 5.74) is 0.652. The van der Waals surface area contributed by atoms with E-state index in [1.807, 2.05) is 0 Å². The van der Waals surface area contributed by atoms with E-state index >= 15 is 0 Å². The molecule has 1 amide bonds. The van der Waals surface area contributed by atoms with Crippen LogP contribution in [-0.4, -0.2) is 33.3 Å². The molecule has 0 saturated heterocycles. The van der Waals surface area contributed by atoms with Crippen molar-refractivity contribution in [3.05, 3.63) is 90.0 Å². The van der Waals surface area contributed by atoms with Crippen LogP contribution in [-0.2, 0) is 23.6 Å². The van der Waals surface area contributed by atoms with Crippen molar-refractivity contribution in [3.63, 3.8) is 0 Å². The van der Waals surface area contributed by atoms with Gasteiger partial charge in [-0.3, -0.25) is 14.1 Å². The molecule has 0 spiro atoms. The molecule has 0 aliphatic rings. The van der Waals surface area contributed by atoms with Crippen molar-refractivity contribution < 1.29 is 35.6 Å². The maximum atomic E-state index is 13.6. The third kappa shape index (κ3) is 7.87. The number of benzene rings is 3. The summed E-state index contributed by atoms with van der Waals surface area (Å²) in [6.07, 6.45) is 0. The van der Waals surface area contributed by atoms with Crippen molar-refractivity contribution in [1.82, 2.24) is 5.32 Å². The summed E-state index contributed by atoms with van der Waals surface area (Å²) in [5.74, 6) is -4.42. The molecule has 0 saturated carbocycles. The zero-order valence-corrected chi connectivity index (χ0v) is 23.1. The molecule has 0 aliphatic heterocycles. The van der Waals surface area contributed by atoms with Crippen molar-refractivity contribution in [2.24, 2.45) is 0 Å².